The number of hydrogen-bond acceptors (Lipinski definition) is 5. The van der Waals surface area contributed by atoms with Crippen LogP contribution in [-0.2, 0) is 6.54 Å². The number of aromatic nitrogens is 3. The van der Waals surface area contributed by atoms with Crippen molar-refractivity contribution < 1.29 is 0 Å². The highest BCUT2D eigenvalue weighted by atomic mass is 32.1. The second-order valence-corrected chi connectivity index (χ2v) is 7.88. The Labute approximate surface area is 150 Å². The maximum absolute atomic E-state index is 5.65. The van der Waals surface area contributed by atoms with E-state index in [2.05, 4.69) is 33.7 Å². The summed E-state index contributed by atoms with van der Waals surface area (Å²) in [6, 6.07) is 10.4. The van der Waals surface area contributed by atoms with Gasteiger partial charge in [0.25, 0.3) is 0 Å². The summed E-state index contributed by atoms with van der Waals surface area (Å²) in [7, 11) is 0. The third-order valence-corrected chi connectivity index (χ3v) is 5.88. The van der Waals surface area contributed by atoms with E-state index in [1.807, 2.05) is 13.0 Å². The van der Waals surface area contributed by atoms with Gasteiger partial charge in [-0.3, -0.25) is 0 Å². The molecule has 0 spiro atoms. The fraction of sp³-hybridized carbons (Fsp3) is 0.389. The van der Waals surface area contributed by atoms with Gasteiger partial charge >= 0.3 is 0 Å². The highest BCUT2D eigenvalue weighted by molar-refractivity contribution is 7.73. The minimum absolute atomic E-state index is 0.759. The standard InChI is InChI=1S/C18H20N4S2/c1-13-19-16(21-10-6-3-7-11-21)15-17(20-13)22(18(23)24-15)12-14-8-4-2-5-9-14/h2,4-5,8-9H,3,6-7,10-12H2,1H3. The Morgan fingerprint density at radius 1 is 1.08 bits per heavy atom. The third-order valence-electron chi connectivity index (χ3n) is 4.45. The normalized spacial score (nSPS) is 15.1. The lowest BCUT2D eigenvalue weighted by molar-refractivity contribution is 0.574. The molecule has 4 nitrogen and oxygen atoms in total. The molecule has 2 aromatic heterocycles. The van der Waals surface area contributed by atoms with Crippen LogP contribution in [0.1, 0.15) is 30.7 Å². The molecule has 0 N–H and O–H groups in total. The number of hydrogen-bond donors (Lipinski definition) is 0. The molecular weight excluding hydrogens is 336 g/mol. The molecule has 3 aromatic rings. The maximum Gasteiger partial charge on any atom is 0.163 e. The number of benzene rings is 1. The van der Waals surface area contributed by atoms with E-state index in [-0.39, 0.29) is 0 Å². The van der Waals surface area contributed by atoms with Crippen LogP contribution in [-0.4, -0.2) is 27.6 Å². The van der Waals surface area contributed by atoms with Crippen molar-refractivity contribution in [3.63, 3.8) is 0 Å². The summed E-state index contributed by atoms with van der Waals surface area (Å²) >= 11 is 7.29. The lowest BCUT2D eigenvalue weighted by atomic mass is 10.1. The van der Waals surface area contributed by atoms with Gasteiger partial charge in [-0.15, -0.1) is 0 Å². The molecule has 24 heavy (non-hydrogen) atoms. The van der Waals surface area contributed by atoms with E-state index in [1.54, 1.807) is 11.3 Å². The molecule has 1 aromatic carbocycles. The molecule has 0 amide bonds. The predicted octanol–water partition coefficient (Wildman–Crippen LogP) is 4.57. The number of thiazole rings is 1. The van der Waals surface area contributed by atoms with Gasteiger partial charge in [0.05, 0.1) is 6.54 Å². The summed E-state index contributed by atoms with van der Waals surface area (Å²) in [4.78, 5) is 11.9. The summed E-state index contributed by atoms with van der Waals surface area (Å²) in [5.41, 5.74) is 2.21. The highest BCUT2D eigenvalue weighted by Gasteiger charge is 2.20. The molecule has 1 aliphatic heterocycles. The van der Waals surface area contributed by atoms with Crippen LogP contribution >= 0.6 is 23.6 Å². The molecule has 3 heterocycles. The average molecular weight is 357 g/mol. The van der Waals surface area contributed by atoms with Crippen LogP contribution in [0.15, 0.2) is 30.3 Å². The van der Waals surface area contributed by atoms with Crippen LogP contribution in [0.5, 0.6) is 0 Å². The molecule has 124 valence electrons. The van der Waals surface area contributed by atoms with Crippen LogP contribution < -0.4 is 4.90 Å². The zero-order valence-electron chi connectivity index (χ0n) is 13.7. The molecule has 6 heteroatoms. The monoisotopic (exact) mass is 356 g/mol. The van der Waals surface area contributed by atoms with E-state index < -0.39 is 0 Å². The lowest BCUT2D eigenvalue weighted by Crippen LogP contribution is -2.30. The molecule has 0 atom stereocenters. The van der Waals surface area contributed by atoms with Gasteiger partial charge in [-0.2, -0.15) is 0 Å². The van der Waals surface area contributed by atoms with Gasteiger partial charge in [0, 0.05) is 13.1 Å². The number of fused-ring (bicyclic) bond motifs is 1. The van der Waals surface area contributed by atoms with Crippen molar-refractivity contribution in [1.82, 2.24) is 14.5 Å². The molecule has 1 fully saturated rings. The Kier molecular flexibility index (Phi) is 4.33. The number of rotatable bonds is 3. The van der Waals surface area contributed by atoms with Crippen molar-refractivity contribution in [2.45, 2.75) is 32.7 Å². The van der Waals surface area contributed by atoms with Gasteiger partial charge in [-0.05, 0) is 44.0 Å². The molecule has 1 aliphatic rings. The van der Waals surface area contributed by atoms with Crippen molar-refractivity contribution in [3.05, 3.63) is 45.7 Å². The average Bonchev–Trinajstić information content (AvgIpc) is 2.92. The van der Waals surface area contributed by atoms with Crippen molar-refractivity contribution in [2.75, 3.05) is 18.0 Å². The number of piperidine rings is 1. The Morgan fingerprint density at radius 2 is 1.83 bits per heavy atom. The van der Waals surface area contributed by atoms with E-state index in [0.717, 1.165) is 45.6 Å². The summed E-state index contributed by atoms with van der Waals surface area (Å²) in [5, 5.41) is 0. The zero-order chi connectivity index (χ0) is 16.5. The van der Waals surface area contributed by atoms with Crippen LogP contribution in [0.25, 0.3) is 10.3 Å². The Morgan fingerprint density at radius 3 is 2.58 bits per heavy atom. The summed E-state index contributed by atoms with van der Waals surface area (Å²) in [6.45, 7) is 4.89. The molecule has 4 rings (SSSR count). The Bertz CT molecular complexity index is 908. The molecule has 0 saturated carbocycles. The fourth-order valence-electron chi connectivity index (χ4n) is 3.26. The molecule has 0 unspecified atom stereocenters. The van der Waals surface area contributed by atoms with Crippen LogP contribution in [0.4, 0.5) is 5.82 Å². The number of anilines is 1. The van der Waals surface area contributed by atoms with E-state index in [0.29, 0.717) is 0 Å². The highest BCUT2D eigenvalue weighted by Crippen LogP contribution is 2.32. The van der Waals surface area contributed by atoms with E-state index >= 15 is 0 Å². The molecule has 1 saturated heterocycles. The lowest BCUT2D eigenvalue weighted by Gasteiger charge is -2.28. The first-order valence-electron chi connectivity index (χ1n) is 8.39. The quantitative estimate of drug-likeness (QED) is 0.644. The van der Waals surface area contributed by atoms with E-state index in [4.69, 9.17) is 22.2 Å². The number of nitrogens with zero attached hydrogens (tertiary/aromatic N) is 4. The molecule has 0 bridgehead atoms. The van der Waals surface area contributed by atoms with Crippen molar-refractivity contribution in [3.8, 4) is 0 Å². The van der Waals surface area contributed by atoms with Crippen LogP contribution in [0, 0.1) is 10.9 Å². The van der Waals surface area contributed by atoms with Gasteiger partial charge in [0.15, 0.2) is 15.4 Å². The smallest absolute Gasteiger partial charge is 0.163 e. The molecule has 0 radical (unpaired) electrons. The van der Waals surface area contributed by atoms with E-state index in [1.165, 1.54) is 24.8 Å². The maximum atomic E-state index is 5.65. The van der Waals surface area contributed by atoms with Gasteiger partial charge in [0.2, 0.25) is 0 Å². The largest absolute Gasteiger partial charge is 0.355 e. The van der Waals surface area contributed by atoms with Gasteiger partial charge in [-0.1, -0.05) is 41.7 Å². The van der Waals surface area contributed by atoms with E-state index in [9.17, 15) is 0 Å². The fourth-order valence-corrected chi connectivity index (χ4v) is 4.61. The van der Waals surface area contributed by atoms with Crippen molar-refractivity contribution >= 4 is 39.7 Å². The predicted molar refractivity (Wildman–Crippen MR) is 103 cm³/mol. The van der Waals surface area contributed by atoms with Gasteiger partial charge in [-0.25, -0.2) is 9.97 Å². The minimum atomic E-state index is 0.759. The second-order valence-electron chi connectivity index (χ2n) is 6.23. The summed E-state index contributed by atoms with van der Waals surface area (Å²) in [6.07, 6.45) is 3.79. The van der Waals surface area contributed by atoms with Crippen molar-refractivity contribution in [2.24, 2.45) is 0 Å². The second kappa shape index (κ2) is 6.61. The first-order chi connectivity index (χ1) is 11.7. The third kappa shape index (κ3) is 2.96. The SMILES string of the molecule is Cc1nc(N2CCCCC2)c2sc(=S)n(Cc3ccccc3)c2n1. The first kappa shape index (κ1) is 15.7. The Hall–Kier alpha value is -1.79. The minimum Gasteiger partial charge on any atom is -0.355 e. The first-order valence-corrected chi connectivity index (χ1v) is 9.62. The number of aryl methyl sites for hydroxylation is 1. The van der Waals surface area contributed by atoms with Gasteiger partial charge < -0.3 is 9.47 Å². The topological polar surface area (TPSA) is 34.0 Å². The van der Waals surface area contributed by atoms with Gasteiger partial charge in [0.1, 0.15) is 10.5 Å². The van der Waals surface area contributed by atoms with Crippen LogP contribution in [0.2, 0.25) is 0 Å². The van der Waals surface area contributed by atoms with Crippen molar-refractivity contribution in [1.29, 1.82) is 0 Å². The molecular formula is C18H20N4S2. The molecule has 0 aliphatic carbocycles. The van der Waals surface area contributed by atoms with Crippen LogP contribution in [0.3, 0.4) is 0 Å². The zero-order valence-corrected chi connectivity index (χ0v) is 15.4. The Balaban J connectivity index is 1.82. The summed E-state index contributed by atoms with van der Waals surface area (Å²) < 4.78 is 4.14. The summed E-state index contributed by atoms with van der Waals surface area (Å²) in [5.74, 6) is 1.89.